The molecule has 0 unspecified atom stereocenters. The molecule has 9 heteroatoms. The van der Waals surface area contributed by atoms with E-state index in [2.05, 4.69) is 5.32 Å². The molecule has 0 fully saturated rings. The summed E-state index contributed by atoms with van der Waals surface area (Å²) in [5, 5.41) is 2.86. The lowest BCUT2D eigenvalue weighted by Crippen LogP contribution is -2.47. The summed E-state index contributed by atoms with van der Waals surface area (Å²) in [7, 11) is -2.05. The van der Waals surface area contributed by atoms with Crippen LogP contribution in [-0.2, 0) is 26.2 Å². The van der Waals surface area contributed by atoms with Crippen molar-refractivity contribution in [1.82, 2.24) is 10.2 Å². The number of nitrogens with one attached hydrogen (secondary N) is 1. The number of rotatable bonds is 13. The molecule has 0 saturated carbocycles. The summed E-state index contributed by atoms with van der Waals surface area (Å²) >= 11 is 0. The van der Waals surface area contributed by atoms with E-state index < -0.39 is 16.1 Å². The van der Waals surface area contributed by atoms with Crippen molar-refractivity contribution in [3.05, 3.63) is 59.7 Å². The Bertz CT molecular complexity index is 1100. The normalized spacial score (nSPS) is 12.0. The van der Waals surface area contributed by atoms with E-state index >= 15 is 0 Å². The first-order valence-electron chi connectivity index (χ1n) is 11.8. The standard InChI is InChI=1S/C26H37N3O5S/c1-6-15-27-26(31)21(3)28(19-22-11-7-10-20(2)17-22)25(30)14-9-16-29(35(5,32)33)23-12-8-13-24(18-23)34-4/h7-8,10-13,17-18,21H,6,9,14-16,19H2,1-5H3,(H,27,31)/t21-/m0/s1. The molecular weight excluding hydrogens is 466 g/mol. The minimum atomic E-state index is -3.57. The number of ether oxygens (including phenoxy) is 1. The molecule has 2 amide bonds. The van der Waals surface area contributed by atoms with Crippen molar-refractivity contribution >= 4 is 27.5 Å². The number of methoxy groups -OCH3 is 1. The number of amides is 2. The number of aryl methyl sites for hydroxylation is 1. The number of sulfonamides is 1. The molecule has 2 aromatic rings. The average Bonchev–Trinajstić information content (AvgIpc) is 2.82. The van der Waals surface area contributed by atoms with Crippen LogP contribution < -0.4 is 14.4 Å². The van der Waals surface area contributed by atoms with Gasteiger partial charge in [-0.05, 0) is 44.4 Å². The Kier molecular flexibility index (Phi) is 10.6. The van der Waals surface area contributed by atoms with E-state index in [4.69, 9.17) is 4.74 Å². The van der Waals surface area contributed by atoms with Crippen LogP contribution in [-0.4, -0.2) is 57.6 Å². The van der Waals surface area contributed by atoms with Gasteiger partial charge < -0.3 is 15.0 Å². The number of nitrogens with zero attached hydrogens (tertiary/aromatic N) is 2. The van der Waals surface area contributed by atoms with Crippen LogP contribution in [0.4, 0.5) is 5.69 Å². The molecule has 1 atom stereocenters. The highest BCUT2D eigenvalue weighted by Crippen LogP contribution is 2.24. The Morgan fingerprint density at radius 3 is 2.46 bits per heavy atom. The zero-order chi connectivity index (χ0) is 26.0. The Morgan fingerprint density at radius 2 is 1.83 bits per heavy atom. The fourth-order valence-electron chi connectivity index (χ4n) is 3.76. The lowest BCUT2D eigenvalue weighted by molar-refractivity contribution is -0.140. The summed E-state index contributed by atoms with van der Waals surface area (Å²) in [6.07, 6.45) is 2.35. The monoisotopic (exact) mass is 503 g/mol. The molecule has 0 saturated heterocycles. The van der Waals surface area contributed by atoms with Crippen molar-refractivity contribution in [3.63, 3.8) is 0 Å². The summed E-state index contributed by atoms with van der Waals surface area (Å²) in [6, 6.07) is 14.0. The molecule has 2 rings (SSSR count). The zero-order valence-corrected chi connectivity index (χ0v) is 22.1. The first-order chi connectivity index (χ1) is 16.6. The average molecular weight is 504 g/mol. The summed E-state index contributed by atoms with van der Waals surface area (Å²) in [6.45, 7) is 6.64. The minimum Gasteiger partial charge on any atom is -0.497 e. The highest BCUT2D eigenvalue weighted by atomic mass is 32.2. The van der Waals surface area contributed by atoms with Gasteiger partial charge in [0.25, 0.3) is 0 Å². The number of hydrogen-bond acceptors (Lipinski definition) is 5. The Labute approximate surface area is 209 Å². The molecule has 0 aliphatic carbocycles. The molecule has 35 heavy (non-hydrogen) atoms. The maximum atomic E-state index is 13.3. The van der Waals surface area contributed by atoms with E-state index in [9.17, 15) is 18.0 Å². The Morgan fingerprint density at radius 1 is 1.11 bits per heavy atom. The van der Waals surface area contributed by atoms with Gasteiger partial charge in [0, 0.05) is 32.1 Å². The van der Waals surface area contributed by atoms with E-state index in [1.54, 1.807) is 36.1 Å². The molecule has 0 bridgehead atoms. The van der Waals surface area contributed by atoms with Crippen LogP contribution in [0.1, 0.15) is 44.2 Å². The van der Waals surface area contributed by atoms with Crippen LogP contribution in [0.5, 0.6) is 5.75 Å². The van der Waals surface area contributed by atoms with Crippen molar-refractivity contribution in [1.29, 1.82) is 0 Å². The van der Waals surface area contributed by atoms with Gasteiger partial charge in [-0.3, -0.25) is 13.9 Å². The molecule has 0 spiro atoms. The van der Waals surface area contributed by atoms with Gasteiger partial charge in [-0.15, -0.1) is 0 Å². The smallest absolute Gasteiger partial charge is 0.242 e. The maximum absolute atomic E-state index is 13.3. The molecule has 0 aliphatic rings. The molecule has 8 nitrogen and oxygen atoms in total. The number of benzene rings is 2. The van der Waals surface area contributed by atoms with E-state index in [-0.39, 0.29) is 24.8 Å². The van der Waals surface area contributed by atoms with Crippen LogP contribution in [0.15, 0.2) is 48.5 Å². The lowest BCUT2D eigenvalue weighted by Gasteiger charge is -2.29. The molecule has 0 aliphatic heterocycles. The second-order valence-corrected chi connectivity index (χ2v) is 10.5. The van der Waals surface area contributed by atoms with Crippen LogP contribution in [0.3, 0.4) is 0 Å². The third-order valence-corrected chi connectivity index (χ3v) is 6.84. The zero-order valence-electron chi connectivity index (χ0n) is 21.3. The predicted molar refractivity (Wildman–Crippen MR) is 139 cm³/mol. The van der Waals surface area contributed by atoms with Crippen molar-refractivity contribution in [2.24, 2.45) is 0 Å². The number of hydrogen-bond donors (Lipinski definition) is 1. The van der Waals surface area contributed by atoms with Crippen LogP contribution in [0.2, 0.25) is 0 Å². The van der Waals surface area contributed by atoms with Gasteiger partial charge >= 0.3 is 0 Å². The minimum absolute atomic E-state index is 0.104. The van der Waals surface area contributed by atoms with Crippen molar-refractivity contribution in [3.8, 4) is 5.75 Å². The summed E-state index contributed by atoms with van der Waals surface area (Å²) < 4.78 is 31.4. The summed E-state index contributed by atoms with van der Waals surface area (Å²) in [4.78, 5) is 27.5. The van der Waals surface area contributed by atoms with Crippen LogP contribution in [0.25, 0.3) is 0 Å². The van der Waals surface area contributed by atoms with E-state index in [0.717, 1.165) is 23.8 Å². The van der Waals surface area contributed by atoms with Gasteiger partial charge in [0.1, 0.15) is 11.8 Å². The highest BCUT2D eigenvalue weighted by molar-refractivity contribution is 7.92. The number of carbonyl (C=O) groups is 2. The first kappa shape index (κ1) is 28.2. The number of anilines is 1. The number of carbonyl (C=O) groups excluding carboxylic acids is 2. The largest absolute Gasteiger partial charge is 0.497 e. The topological polar surface area (TPSA) is 96.0 Å². The molecule has 0 aromatic heterocycles. The lowest BCUT2D eigenvalue weighted by atomic mass is 10.1. The van der Waals surface area contributed by atoms with Gasteiger partial charge in [-0.2, -0.15) is 0 Å². The second kappa shape index (κ2) is 13.1. The molecule has 0 heterocycles. The molecule has 0 radical (unpaired) electrons. The molecule has 2 aromatic carbocycles. The molecule has 1 N–H and O–H groups in total. The highest BCUT2D eigenvalue weighted by Gasteiger charge is 2.26. The van der Waals surface area contributed by atoms with E-state index in [1.165, 1.54) is 11.4 Å². The summed E-state index contributed by atoms with van der Waals surface area (Å²) in [5.74, 6) is 0.134. The quantitative estimate of drug-likeness (QED) is 0.451. The second-order valence-electron chi connectivity index (χ2n) is 8.62. The first-order valence-corrected chi connectivity index (χ1v) is 13.7. The maximum Gasteiger partial charge on any atom is 0.242 e. The molecule has 192 valence electrons. The van der Waals surface area contributed by atoms with Gasteiger partial charge in [0.05, 0.1) is 19.1 Å². The third kappa shape index (κ3) is 8.58. The van der Waals surface area contributed by atoms with Gasteiger partial charge in [0.2, 0.25) is 21.8 Å². The van der Waals surface area contributed by atoms with Crippen molar-refractivity contribution < 1.29 is 22.7 Å². The summed E-state index contributed by atoms with van der Waals surface area (Å²) in [5.41, 5.74) is 2.48. The van der Waals surface area contributed by atoms with E-state index in [0.29, 0.717) is 30.9 Å². The van der Waals surface area contributed by atoms with Gasteiger partial charge in [-0.1, -0.05) is 42.8 Å². The van der Waals surface area contributed by atoms with Gasteiger partial charge in [0.15, 0.2) is 0 Å². The fourth-order valence-corrected chi connectivity index (χ4v) is 4.71. The molecular formula is C26H37N3O5S. The SMILES string of the molecule is CCCNC(=O)[C@H](C)N(Cc1cccc(C)c1)C(=O)CCCN(c1cccc(OC)c1)S(C)(=O)=O. The Hall–Kier alpha value is -3.07. The fraction of sp³-hybridized carbons (Fsp3) is 0.462. The predicted octanol–water partition coefficient (Wildman–Crippen LogP) is 3.49. The van der Waals surface area contributed by atoms with E-state index in [1.807, 2.05) is 38.1 Å². The van der Waals surface area contributed by atoms with Crippen LogP contribution >= 0.6 is 0 Å². The van der Waals surface area contributed by atoms with Gasteiger partial charge in [-0.25, -0.2) is 8.42 Å². The third-order valence-electron chi connectivity index (χ3n) is 5.65. The van der Waals surface area contributed by atoms with Crippen molar-refractivity contribution in [2.45, 2.75) is 52.6 Å². The van der Waals surface area contributed by atoms with Crippen LogP contribution in [0, 0.1) is 6.92 Å². The van der Waals surface area contributed by atoms with Crippen molar-refractivity contribution in [2.75, 3.05) is 30.8 Å². The Balaban J connectivity index is 2.16.